The van der Waals surface area contributed by atoms with E-state index in [0.29, 0.717) is 37.7 Å². The lowest BCUT2D eigenvalue weighted by Crippen LogP contribution is -2.65. The van der Waals surface area contributed by atoms with Crippen molar-refractivity contribution in [2.75, 3.05) is 39.3 Å². The van der Waals surface area contributed by atoms with Crippen LogP contribution in [0.4, 0.5) is 0 Å². The molecule has 1 spiro atoms. The van der Waals surface area contributed by atoms with Gasteiger partial charge in [-0.15, -0.1) is 0 Å². The van der Waals surface area contributed by atoms with Gasteiger partial charge in [0.2, 0.25) is 17.7 Å². The molecule has 53 heavy (non-hydrogen) atoms. The van der Waals surface area contributed by atoms with Crippen LogP contribution in [0.5, 0.6) is 0 Å². The third kappa shape index (κ3) is 8.60. The predicted molar refractivity (Wildman–Crippen MR) is 196 cm³/mol. The van der Waals surface area contributed by atoms with Gasteiger partial charge in [-0.25, -0.2) is 0 Å². The number of rotatable bonds is 14. The van der Waals surface area contributed by atoms with Gasteiger partial charge in [-0.2, -0.15) is 5.10 Å². The van der Waals surface area contributed by atoms with Crippen molar-refractivity contribution < 1.29 is 33.8 Å². The Kier molecular flexibility index (Phi) is 11.1. The van der Waals surface area contributed by atoms with E-state index in [9.17, 15) is 29.1 Å². The van der Waals surface area contributed by atoms with Crippen LogP contribution in [0.15, 0.2) is 42.7 Å². The zero-order valence-electron chi connectivity index (χ0n) is 31.8. The van der Waals surface area contributed by atoms with Crippen LogP contribution in [0.3, 0.4) is 0 Å². The number of nitrogens with zero attached hydrogens (tertiary/aromatic N) is 4. The predicted octanol–water partition coefficient (Wildman–Crippen LogP) is 3.58. The minimum atomic E-state index is -1.22. The van der Waals surface area contributed by atoms with E-state index < -0.39 is 46.7 Å². The number of hydrogen-bond donors (Lipinski definition) is 3. The molecule has 3 N–H and O–H groups in total. The first kappa shape index (κ1) is 38.5. The minimum Gasteiger partial charge on any atom is -0.481 e. The molecule has 1 aromatic heterocycles. The van der Waals surface area contributed by atoms with Crippen molar-refractivity contribution in [3.63, 3.8) is 0 Å². The van der Waals surface area contributed by atoms with Crippen molar-refractivity contribution in [2.45, 2.75) is 91.8 Å². The van der Waals surface area contributed by atoms with Crippen molar-refractivity contribution in [2.24, 2.45) is 34.0 Å². The van der Waals surface area contributed by atoms with E-state index >= 15 is 0 Å². The first-order valence-electron chi connectivity index (χ1n) is 19.2. The van der Waals surface area contributed by atoms with E-state index in [1.807, 2.05) is 30.3 Å². The normalized spacial score (nSPS) is 23.2. The highest BCUT2D eigenvalue weighted by Crippen LogP contribution is 2.54. The molecule has 2 aliphatic carbocycles. The van der Waals surface area contributed by atoms with E-state index in [-0.39, 0.29) is 42.8 Å². The monoisotopic (exact) mass is 732 g/mol. The molecule has 4 aliphatic rings. The van der Waals surface area contributed by atoms with Crippen molar-refractivity contribution in [3.05, 3.63) is 53.9 Å². The van der Waals surface area contributed by atoms with Gasteiger partial charge in [0, 0.05) is 56.9 Å². The number of carboxylic acids is 1. The maximum absolute atomic E-state index is 14.4. The molecule has 1 aromatic carbocycles. The van der Waals surface area contributed by atoms with Crippen LogP contribution in [-0.4, -0.2) is 106 Å². The van der Waals surface area contributed by atoms with Gasteiger partial charge in [-0.1, -0.05) is 63.4 Å². The summed E-state index contributed by atoms with van der Waals surface area (Å²) in [7, 11) is 0. The fourth-order valence-electron chi connectivity index (χ4n) is 8.18. The highest BCUT2D eigenvalue weighted by molar-refractivity contribution is 5.96. The molecular formula is C40H56N6O7. The van der Waals surface area contributed by atoms with Gasteiger partial charge in [-0.05, 0) is 56.9 Å². The number of carbonyl (C=O) groups excluding carboxylic acids is 4. The Morgan fingerprint density at radius 3 is 2.30 bits per heavy atom. The lowest BCUT2D eigenvalue weighted by Gasteiger charge is -2.50. The Balaban J connectivity index is 1.19. The zero-order chi connectivity index (χ0) is 38.1. The average molecular weight is 733 g/mol. The molecule has 3 heterocycles. The van der Waals surface area contributed by atoms with E-state index in [0.717, 1.165) is 37.7 Å². The number of ether oxygens (including phenoxy) is 1. The first-order chi connectivity index (χ1) is 25.1. The standard InChI is InChI=1S/C40H56N6O7/c1-26(53-21-28-14-10-7-11-15-28)32(34(48)41-22-39(4,5)37(51)52)43-33(47)31-20-44(23-40(31)24-45(25-40)36(50)30-16-38(30,2)3)35(49)29-17-42-46(19-29)18-27-12-8-6-9-13-27/h6,8-9,12-13,17,19,26,28,30-32H,7,10-11,14-16,18,20-25H2,1-5H3,(H,41,48)(H,43,47)(H,51,52)/t26-,30-,31+,32+/m1/s1. The Hall–Kier alpha value is -4.26. The summed E-state index contributed by atoms with van der Waals surface area (Å²) in [5.74, 6) is -2.52. The molecule has 0 unspecified atom stereocenters. The maximum atomic E-state index is 14.4. The summed E-state index contributed by atoms with van der Waals surface area (Å²) in [4.78, 5) is 70.8. The van der Waals surface area contributed by atoms with Crippen LogP contribution in [0, 0.1) is 34.0 Å². The second-order valence-corrected chi connectivity index (χ2v) is 17.4. The second kappa shape index (κ2) is 15.2. The summed E-state index contributed by atoms with van der Waals surface area (Å²) in [6.45, 7) is 10.9. The second-order valence-electron chi connectivity index (χ2n) is 17.4. The summed E-state index contributed by atoms with van der Waals surface area (Å²) >= 11 is 0. The molecular weight excluding hydrogens is 676 g/mol. The molecule has 0 radical (unpaired) electrons. The summed E-state index contributed by atoms with van der Waals surface area (Å²) in [6, 6.07) is 8.73. The Bertz CT molecular complexity index is 1680. The van der Waals surface area contributed by atoms with Gasteiger partial charge in [0.1, 0.15) is 6.04 Å². The van der Waals surface area contributed by atoms with Gasteiger partial charge in [0.15, 0.2) is 0 Å². The average Bonchev–Trinajstić information content (AvgIpc) is 3.41. The SMILES string of the molecule is C[C@@H](OCC1CCCCC1)[C@H](NC(=O)[C@@H]1CN(C(=O)c2cnn(Cc3ccccc3)c2)CC12CN(C(=O)[C@H]1CC1(C)C)C2)C(=O)NCC(C)(C)C(=O)O. The highest BCUT2D eigenvalue weighted by Gasteiger charge is 2.62. The molecule has 4 amide bonds. The smallest absolute Gasteiger partial charge is 0.310 e. The summed E-state index contributed by atoms with van der Waals surface area (Å²) in [5.41, 5.74) is -0.497. The number of aromatic nitrogens is 2. The number of benzene rings is 1. The lowest BCUT2D eigenvalue weighted by molar-refractivity contribution is -0.152. The molecule has 13 heteroatoms. The lowest BCUT2D eigenvalue weighted by atomic mass is 9.70. The van der Waals surface area contributed by atoms with E-state index in [1.54, 1.807) is 33.8 Å². The molecule has 0 bridgehead atoms. The van der Waals surface area contributed by atoms with Crippen LogP contribution in [0.25, 0.3) is 0 Å². The summed E-state index contributed by atoms with van der Waals surface area (Å²) in [5, 5.41) is 19.8. The summed E-state index contributed by atoms with van der Waals surface area (Å²) < 4.78 is 7.96. The van der Waals surface area contributed by atoms with Gasteiger partial charge in [0.25, 0.3) is 5.91 Å². The quantitative estimate of drug-likeness (QED) is 0.266. The Morgan fingerprint density at radius 1 is 1.00 bits per heavy atom. The maximum Gasteiger partial charge on any atom is 0.310 e. The molecule has 6 rings (SSSR count). The third-order valence-electron chi connectivity index (χ3n) is 12.1. The minimum absolute atomic E-state index is 0.0439. The number of aliphatic carboxylic acids is 1. The van der Waals surface area contributed by atoms with Crippen LogP contribution < -0.4 is 10.6 Å². The van der Waals surface area contributed by atoms with Crippen molar-refractivity contribution in [1.29, 1.82) is 0 Å². The number of nitrogens with one attached hydrogen (secondary N) is 2. The highest BCUT2D eigenvalue weighted by atomic mass is 16.5. The molecule has 2 aliphatic heterocycles. The van der Waals surface area contributed by atoms with E-state index in [4.69, 9.17) is 4.74 Å². The molecule has 13 nitrogen and oxygen atoms in total. The van der Waals surface area contributed by atoms with Crippen LogP contribution in [0.2, 0.25) is 0 Å². The summed E-state index contributed by atoms with van der Waals surface area (Å²) in [6.07, 6.45) is 8.96. The zero-order valence-corrected chi connectivity index (χ0v) is 31.8. The molecule has 288 valence electrons. The van der Waals surface area contributed by atoms with Crippen LogP contribution in [-0.2, 0) is 30.5 Å². The number of amides is 4. The van der Waals surface area contributed by atoms with Crippen molar-refractivity contribution in [1.82, 2.24) is 30.2 Å². The van der Waals surface area contributed by atoms with Gasteiger partial charge >= 0.3 is 5.97 Å². The number of likely N-dealkylation sites (tertiary alicyclic amines) is 2. The van der Waals surface area contributed by atoms with E-state index in [1.165, 1.54) is 20.3 Å². The van der Waals surface area contributed by atoms with Gasteiger partial charge < -0.3 is 30.3 Å². The molecule has 2 aromatic rings. The van der Waals surface area contributed by atoms with Crippen molar-refractivity contribution in [3.8, 4) is 0 Å². The fourth-order valence-corrected chi connectivity index (χ4v) is 8.18. The fraction of sp³-hybridized carbons (Fsp3) is 0.650. The first-order valence-corrected chi connectivity index (χ1v) is 19.2. The third-order valence-corrected chi connectivity index (χ3v) is 12.1. The van der Waals surface area contributed by atoms with Crippen LogP contribution in [0.1, 0.15) is 89.1 Å². The Morgan fingerprint density at radius 2 is 1.66 bits per heavy atom. The number of carbonyl (C=O) groups is 5. The van der Waals surface area contributed by atoms with E-state index in [2.05, 4.69) is 29.6 Å². The van der Waals surface area contributed by atoms with Crippen LogP contribution >= 0.6 is 0 Å². The topological polar surface area (TPSA) is 163 Å². The Labute approximate surface area is 312 Å². The largest absolute Gasteiger partial charge is 0.481 e. The molecule has 2 saturated heterocycles. The number of hydrogen-bond acceptors (Lipinski definition) is 7. The molecule has 4 fully saturated rings. The van der Waals surface area contributed by atoms with Gasteiger partial charge in [-0.3, -0.25) is 28.7 Å². The van der Waals surface area contributed by atoms with Gasteiger partial charge in [0.05, 0.1) is 35.7 Å². The molecule has 2 saturated carbocycles. The van der Waals surface area contributed by atoms with Crippen molar-refractivity contribution >= 4 is 29.6 Å². The molecule has 4 atom stereocenters. The number of carboxylic acid groups (broad SMARTS) is 1.